The van der Waals surface area contributed by atoms with E-state index in [2.05, 4.69) is 15.0 Å². The number of aryl methyl sites for hydroxylation is 1. The van der Waals surface area contributed by atoms with Crippen LogP contribution in [0.2, 0.25) is 0 Å². The van der Waals surface area contributed by atoms with Crippen molar-refractivity contribution < 1.29 is 27.1 Å². The van der Waals surface area contributed by atoms with Gasteiger partial charge in [0, 0.05) is 25.5 Å². The number of pyridine rings is 2. The summed E-state index contributed by atoms with van der Waals surface area (Å²) < 4.78 is 56.5. The van der Waals surface area contributed by atoms with Crippen LogP contribution in [0.4, 0.5) is 17.6 Å². The lowest BCUT2D eigenvalue weighted by Crippen LogP contribution is -2.31. The Bertz CT molecular complexity index is 1110. The van der Waals surface area contributed by atoms with Crippen molar-refractivity contribution in [3.05, 3.63) is 93.9 Å². The number of ether oxygens (including phenoxy) is 1. The highest BCUT2D eigenvalue weighted by Crippen LogP contribution is 2.27. The third-order valence-electron chi connectivity index (χ3n) is 4.13. The second kappa shape index (κ2) is 8.36. The molecule has 3 rings (SSSR count). The molecular weight excluding hydrogens is 406 g/mol. The number of carbonyl (C=O) groups excluding carboxylic acids is 1. The van der Waals surface area contributed by atoms with Gasteiger partial charge in [0.15, 0.2) is 0 Å². The zero-order valence-electron chi connectivity index (χ0n) is 15.5. The zero-order chi connectivity index (χ0) is 21.9. The van der Waals surface area contributed by atoms with Crippen LogP contribution in [-0.2, 0) is 7.05 Å². The number of alkyl halides is 3. The zero-order valence-corrected chi connectivity index (χ0v) is 15.5. The van der Waals surface area contributed by atoms with E-state index in [0.29, 0.717) is 0 Å². The summed E-state index contributed by atoms with van der Waals surface area (Å²) in [5, 5.41) is 2.60. The van der Waals surface area contributed by atoms with E-state index in [1.807, 2.05) is 0 Å². The second-order valence-corrected chi connectivity index (χ2v) is 6.26. The Balaban J connectivity index is 1.95. The first-order valence-electron chi connectivity index (χ1n) is 8.58. The number of amides is 1. The lowest BCUT2D eigenvalue weighted by Gasteiger charge is -2.20. The second-order valence-electron chi connectivity index (χ2n) is 6.26. The minimum absolute atomic E-state index is 0.125. The summed E-state index contributed by atoms with van der Waals surface area (Å²) in [7, 11) is 1.47. The third kappa shape index (κ3) is 5.02. The van der Waals surface area contributed by atoms with Crippen molar-refractivity contribution in [3.8, 4) is 5.75 Å². The molecule has 0 aliphatic rings. The van der Waals surface area contributed by atoms with Crippen LogP contribution < -0.4 is 15.6 Å². The molecule has 1 aromatic carbocycles. The van der Waals surface area contributed by atoms with E-state index in [1.165, 1.54) is 54.3 Å². The van der Waals surface area contributed by atoms with E-state index in [4.69, 9.17) is 0 Å². The van der Waals surface area contributed by atoms with Crippen LogP contribution in [0.25, 0.3) is 0 Å². The average molecular weight is 421 g/mol. The van der Waals surface area contributed by atoms with Crippen LogP contribution in [0.5, 0.6) is 5.75 Å². The number of rotatable bonds is 5. The summed E-state index contributed by atoms with van der Waals surface area (Å²) in [6.07, 6.45) is -2.22. The highest BCUT2D eigenvalue weighted by atomic mass is 19.4. The lowest BCUT2D eigenvalue weighted by atomic mass is 10.0. The molecule has 3 aromatic rings. The molecule has 0 bridgehead atoms. The minimum Gasteiger partial charge on any atom is -0.406 e. The van der Waals surface area contributed by atoms with E-state index >= 15 is 0 Å². The Morgan fingerprint density at radius 1 is 1.13 bits per heavy atom. The number of hydrogen-bond acceptors (Lipinski definition) is 4. The number of nitrogens with zero attached hydrogens (tertiary/aromatic N) is 2. The Labute approximate surface area is 167 Å². The molecule has 0 radical (unpaired) electrons. The van der Waals surface area contributed by atoms with Crippen LogP contribution in [0.15, 0.2) is 65.7 Å². The van der Waals surface area contributed by atoms with Gasteiger partial charge in [-0.25, -0.2) is 4.39 Å². The van der Waals surface area contributed by atoms with Crippen molar-refractivity contribution in [1.82, 2.24) is 14.9 Å². The number of aromatic nitrogens is 2. The molecule has 2 aromatic heterocycles. The van der Waals surface area contributed by atoms with E-state index in [1.54, 1.807) is 0 Å². The van der Waals surface area contributed by atoms with Crippen molar-refractivity contribution in [3.63, 3.8) is 0 Å². The predicted molar refractivity (Wildman–Crippen MR) is 98.3 cm³/mol. The highest BCUT2D eigenvalue weighted by Gasteiger charge is 2.31. The fraction of sp³-hybridized carbons (Fsp3) is 0.150. The Kier molecular flexibility index (Phi) is 5.86. The minimum atomic E-state index is -4.86. The molecule has 0 saturated carbocycles. The van der Waals surface area contributed by atoms with E-state index in [-0.39, 0.29) is 22.4 Å². The maximum Gasteiger partial charge on any atom is 0.573 e. The Hall–Kier alpha value is -3.69. The first kappa shape index (κ1) is 21.0. The first-order chi connectivity index (χ1) is 14.1. The van der Waals surface area contributed by atoms with Crippen molar-refractivity contribution in [2.24, 2.45) is 7.05 Å². The molecule has 0 spiro atoms. The van der Waals surface area contributed by atoms with Crippen molar-refractivity contribution in [2.45, 2.75) is 12.4 Å². The predicted octanol–water partition coefficient (Wildman–Crippen LogP) is 3.34. The van der Waals surface area contributed by atoms with Gasteiger partial charge in [0.05, 0.1) is 11.6 Å². The standard InChI is InChI=1S/C20H15F4N3O3/c1-27-11-13(6-9-16(27)28)19(29)26-17(18-15(21)3-2-10-25-18)12-4-7-14(8-5-12)30-20(22,23)24/h2-11,17H,1H3,(H,26,29)/t17-/m0/s1. The van der Waals surface area contributed by atoms with E-state index in [0.717, 1.165) is 18.2 Å². The number of benzene rings is 1. The largest absolute Gasteiger partial charge is 0.573 e. The summed E-state index contributed by atoms with van der Waals surface area (Å²) in [4.78, 5) is 28.2. The maximum atomic E-state index is 14.4. The summed E-state index contributed by atoms with van der Waals surface area (Å²) >= 11 is 0. The van der Waals surface area contributed by atoms with Crippen molar-refractivity contribution in [2.75, 3.05) is 0 Å². The topological polar surface area (TPSA) is 73.2 Å². The van der Waals surface area contributed by atoms with Gasteiger partial charge in [-0.05, 0) is 35.9 Å². The fourth-order valence-electron chi connectivity index (χ4n) is 2.72. The molecule has 1 N–H and O–H groups in total. The summed E-state index contributed by atoms with van der Waals surface area (Å²) in [5.41, 5.74) is -0.0324. The summed E-state index contributed by atoms with van der Waals surface area (Å²) in [6.45, 7) is 0. The smallest absolute Gasteiger partial charge is 0.406 e. The fourth-order valence-corrected chi connectivity index (χ4v) is 2.72. The van der Waals surface area contributed by atoms with Gasteiger partial charge in [-0.1, -0.05) is 12.1 Å². The molecule has 0 unspecified atom stereocenters. The highest BCUT2D eigenvalue weighted by molar-refractivity contribution is 5.94. The molecule has 6 nitrogen and oxygen atoms in total. The van der Waals surface area contributed by atoms with E-state index in [9.17, 15) is 27.2 Å². The number of hydrogen-bond donors (Lipinski definition) is 1. The summed E-state index contributed by atoms with van der Waals surface area (Å²) in [6, 6.07) is 8.56. The van der Waals surface area contributed by atoms with Crippen LogP contribution >= 0.6 is 0 Å². The van der Waals surface area contributed by atoms with Gasteiger partial charge in [-0.15, -0.1) is 13.2 Å². The van der Waals surface area contributed by atoms with Gasteiger partial charge in [-0.2, -0.15) is 0 Å². The number of nitrogens with one attached hydrogen (secondary N) is 1. The average Bonchev–Trinajstić information content (AvgIpc) is 2.68. The normalized spacial score (nSPS) is 12.3. The lowest BCUT2D eigenvalue weighted by molar-refractivity contribution is -0.274. The molecule has 156 valence electrons. The molecular formula is C20H15F4N3O3. The molecule has 10 heteroatoms. The van der Waals surface area contributed by atoms with Crippen LogP contribution in [-0.4, -0.2) is 21.8 Å². The number of halogens is 4. The van der Waals surface area contributed by atoms with Gasteiger partial charge in [0.1, 0.15) is 17.3 Å². The molecule has 0 aliphatic carbocycles. The molecule has 0 aliphatic heterocycles. The van der Waals surface area contributed by atoms with Gasteiger partial charge in [0.2, 0.25) is 5.56 Å². The van der Waals surface area contributed by atoms with Gasteiger partial charge in [-0.3, -0.25) is 14.6 Å². The van der Waals surface area contributed by atoms with Gasteiger partial charge < -0.3 is 14.6 Å². The first-order valence-corrected chi connectivity index (χ1v) is 8.58. The molecule has 1 amide bonds. The molecule has 30 heavy (non-hydrogen) atoms. The maximum absolute atomic E-state index is 14.4. The SMILES string of the molecule is Cn1cc(C(=O)N[C@@H](c2ccc(OC(F)(F)F)cc2)c2ncccc2F)ccc1=O. The quantitative estimate of drug-likeness (QED) is 0.642. The molecule has 2 heterocycles. The van der Waals surface area contributed by atoms with Crippen molar-refractivity contribution >= 4 is 5.91 Å². The molecule has 1 atom stereocenters. The van der Waals surface area contributed by atoms with Crippen LogP contribution in [0.3, 0.4) is 0 Å². The molecule has 0 saturated heterocycles. The van der Waals surface area contributed by atoms with Gasteiger partial charge in [0.25, 0.3) is 5.91 Å². The Morgan fingerprint density at radius 2 is 1.83 bits per heavy atom. The monoisotopic (exact) mass is 421 g/mol. The van der Waals surface area contributed by atoms with E-state index < -0.39 is 29.9 Å². The number of carbonyl (C=O) groups is 1. The third-order valence-corrected chi connectivity index (χ3v) is 4.13. The van der Waals surface area contributed by atoms with Crippen LogP contribution in [0.1, 0.15) is 27.7 Å². The summed E-state index contributed by atoms with van der Waals surface area (Å²) in [5.74, 6) is -1.80. The Morgan fingerprint density at radius 3 is 2.43 bits per heavy atom. The molecule has 0 fully saturated rings. The van der Waals surface area contributed by atoms with Crippen LogP contribution in [0, 0.1) is 5.82 Å². The van der Waals surface area contributed by atoms with Crippen molar-refractivity contribution in [1.29, 1.82) is 0 Å². The van der Waals surface area contributed by atoms with Gasteiger partial charge >= 0.3 is 6.36 Å².